The van der Waals surface area contributed by atoms with Crippen molar-refractivity contribution in [2.75, 3.05) is 5.32 Å². The van der Waals surface area contributed by atoms with Crippen molar-refractivity contribution in [1.29, 1.82) is 0 Å². The van der Waals surface area contributed by atoms with Gasteiger partial charge in [0.2, 0.25) is 5.91 Å². The van der Waals surface area contributed by atoms with Crippen LogP contribution in [0.25, 0.3) is 0 Å². The van der Waals surface area contributed by atoms with Crippen LogP contribution in [-0.4, -0.2) is 28.0 Å². The van der Waals surface area contributed by atoms with Gasteiger partial charge in [-0.15, -0.1) is 23.2 Å². The number of alkyl halides is 2. The molecule has 0 aromatic heterocycles. The van der Waals surface area contributed by atoms with E-state index in [1.54, 1.807) is 63.2 Å². The largest absolute Gasteiger partial charge is 0.481 e. The van der Waals surface area contributed by atoms with Crippen LogP contribution in [0, 0.1) is 12.3 Å². The fourth-order valence-corrected chi connectivity index (χ4v) is 3.93. The third-order valence-corrected chi connectivity index (χ3v) is 6.80. The van der Waals surface area contributed by atoms with Gasteiger partial charge >= 0.3 is 0 Å². The predicted octanol–water partition coefficient (Wildman–Crippen LogP) is 5.48. The number of carbonyl (C=O) groups is 2. The highest BCUT2D eigenvalue weighted by Crippen LogP contribution is 2.63. The Balaban J connectivity index is 1.56. The van der Waals surface area contributed by atoms with E-state index in [2.05, 4.69) is 15.8 Å². The van der Waals surface area contributed by atoms with Crippen LogP contribution in [0.1, 0.15) is 38.3 Å². The van der Waals surface area contributed by atoms with Gasteiger partial charge in [0.15, 0.2) is 6.10 Å². The molecule has 1 aliphatic carbocycles. The minimum atomic E-state index is -1.05. The zero-order valence-electron chi connectivity index (χ0n) is 18.1. The van der Waals surface area contributed by atoms with Crippen molar-refractivity contribution < 1.29 is 14.3 Å². The number of aryl methyl sites for hydroxylation is 1. The SMILES string of the molecule is CC(=NNC(=O)[C@@]1(C)CC1(Cl)Cl)c1ccc(NC(=O)[C@H](C)Oc2ccc(Cl)cc2C)cc1. The number of hydrogen-bond acceptors (Lipinski definition) is 4. The van der Waals surface area contributed by atoms with Gasteiger partial charge in [-0.25, -0.2) is 5.43 Å². The van der Waals surface area contributed by atoms with Gasteiger partial charge in [0.05, 0.1) is 11.1 Å². The number of benzene rings is 2. The summed E-state index contributed by atoms with van der Waals surface area (Å²) in [5, 5.41) is 7.56. The molecular formula is C23H24Cl3N3O3. The number of hydrazone groups is 1. The minimum absolute atomic E-state index is 0.284. The molecule has 6 nitrogen and oxygen atoms in total. The van der Waals surface area contributed by atoms with Crippen LogP contribution in [0.15, 0.2) is 47.6 Å². The van der Waals surface area contributed by atoms with E-state index in [-0.39, 0.29) is 11.8 Å². The number of anilines is 1. The molecule has 0 radical (unpaired) electrons. The molecule has 0 spiro atoms. The minimum Gasteiger partial charge on any atom is -0.481 e. The number of carbonyl (C=O) groups excluding carboxylic acids is 2. The van der Waals surface area contributed by atoms with Gasteiger partial charge in [0, 0.05) is 10.7 Å². The molecule has 2 N–H and O–H groups in total. The Morgan fingerprint density at radius 2 is 1.78 bits per heavy atom. The molecule has 0 unspecified atom stereocenters. The van der Waals surface area contributed by atoms with Crippen molar-refractivity contribution >= 4 is 58.0 Å². The first kappa shape index (κ1) is 24.4. The molecule has 3 rings (SSSR count). The van der Waals surface area contributed by atoms with E-state index in [1.807, 2.05) is 6.92 Å². The van der Waals surface area contributed by atoms with Gasteiger partial charge in [-0.2, -0.15) is 5.10 Å². The van der Waals surface area contributed by atoms with E-state index in [0.29, 0.717) is 28.6 Å². The monoisotopic (exact) mass is 495 g/mol. The first-order valence-corrected chi connectivity index (χ1v) is 11.1. The van der Waals surface area contributed by atoms with Crippen LogP contribution >= 0.6 is 34.8 Å². The summed E-state index contributed by atoms with van der Waals surface area (Å²) >= 11 is 18.0. The van der Waals surface area contributed by atoms with Crippen molar-refractivity contribution in [3.05, 3.63) is 58.6 Å². The fourth-order valence-electron chi connectivity index (χ4n) is 3.00. The molecule has 9 heteroatoms. The summed E-state index contributed by atoms with van der Waals surface area (Å²) in [6.07, 6.45) is -0.315. The molecule has 2 aromatic carbocycles. The Morgan fingerprint density at radius 1 is 1.16 bits per heavy atom. The highest BCUT2D eigenvalue weighted by atomic mass is 35.5. The van der Waals surface area contributed by atoms with E-state index in [0.717, 1.165) is 11.1 Å². The lowest BCUT2D eigenvalue weighted by molar-refractivity contribution is -0.125. The summed E-state index contributed by atoms with van der Waals surface area (Å²) in [6.45, 7) is 7.00. The molecule has 1 fully saturated rings. The van der Waals surface area contributed by atoms with Gasteiger partial charge in [-0.3, -0.25) is 9.59 Å². The smallest absolute Gasteiger partial charge is 0.265 e. The Labute approximate surface area is 202 Å². The maximum atomic E-state index is 12.5. The third-order valence-electron chi connectivity index (χ3n) is 5.46. The summed E-state index contributed by atoms with van der Waals surface area (Å²) in [5.74, 6) is -0.00868. The lowest BCUT2D eigenvalue weighted by Gasteiger charge is -2.16. The third kappa shape index (κ3) is 5.37. The Hall–Kier alpha value is -2.28. The quantitative estimate of drug-likeness (QED) is 0.303. The van der Waals surface area contributed by atoms with Crippen molar-refractivity contribution in [2.24, 2.45) is 10.5 Å². The van der Waals surface area contributed by atoms with Gasteiger partial charge in [0.1, 0.15) is 10.1 Å². The molecule has 0 aliphatic heterocycles. The van der Waals surface area contributed by atoms with Gasteiger partial charge in [-0.05, 0) is 75.6 Å². The number of rotatable bonds is 7. The van der Waals surface area contributed by atoms with Crippen LogP contribution in [0.4, 0.5) is 5.69 Å². The highest BCUT2D eigenvalue weighted by Gasteiger charge is 2.68. The molecule has 0 bridgehead atoms. The molecule has 0 heterocycles. The summed E-state index contributed by atoms with van der Waals surface area (Å²) < 4.78 is 4.70. The highest BCUT2D eigenvalue weighted by molar-refractivity contribution is 6.53. The number of hydrogen-bond donors (Lipinski definition) is 2. The van der Waals surface area contributed by atoms with Crippen LogP contribution in [0.3, 0.4) is 0 Å². The fraction of sp³-hybridized carbons (Fsp3) is 0.348. The Bertz CT molecular complexity index is 1070. The topological polar surface area (TPSA) is 79.8 Å². The molecule has 170 valence electrons. The molecule has 1 saturated carbocycles. The molecule has 0 saturated heterocycles. The average molecular weight is 497 g/mol. The Kier molecular flexibility index (Phi) is 7.08. The maximum Gasteiger partial charge on any atom is 0.265 e. The zero-order valence-corrected chi connectivity index (χ0v) is 20.4. The number of ether oxygens (including phenoxy) is 1. The number of nitrogens with one attached hydrogen (secondary N) is 2. The molecule has 32 heavy (non-hydrogen) atoms. The standard InChI is InChI=1S/C23H24Cl3N3O3/c1-13-11-17(24)7-10-19(13)32-15(3)20(30)27-18-8-5-16(6-9-18)14(2)28-29-21(31)22(4)12-23(22,25)26/h5-11,15H,12H2,1-4H3,(H,27,30)(H,29,31)/t15-,22+/m0/s1. The van der Waals surface area contributed by atoms with Crippen LogP contribution in [0.5, 0.6) is 5.75 Å². The lowest BCUT2D eigenvalue weighted by Crippen LogP contribution is -2.30. The summed E-state index contributed by atoms with van der Waals surface area (Å²) in [5.41, 5.74) is 4.53. The van der Waals surface area contributed by atoms with E-state index in [1.165, 1.54) is 0 Å². The van der Waals surface area contributed by atoms with Gasteiger partial charge in [0.25, 0.3) is 5.91 Å². The normalized spacial score (nSPS) is 20.3. The molecular weight excluding hydrogens is 473 g/mol. The number of amides is 2. The molecule has 2 amide bonds. The first-order chi connectivity index (χ1) is 14.9. The van der Waals surface area contributed by atoms with Crippen molar-refractivity contribution in [3.63, 3.8) is 0 Å². The van der Waals surface area contributed by atoms with Crippen molar-refractivity contribution in [2.45, 2.75) is 44.6 Å². The van der Waals surface area contributed by atoms with Gasteiger partial charge < -0.3 is 10.1 Å². The van der Waals surface area contributed by atoms with E-state index in [4.69, 9.17) is 39.5 Å². The van der Waals surface area contributed by atoms with Crippen molar-refractivity contribution in [1.82, 2.24) is 5.43 Å². The average Bonchev–Trinajstić information content (AvgIpc) is 3.27. The van der Waals surface area contributed by atoms with E-state index >= 15 is 0 Å². The second-order valence-corrected chi connectivity index (χ2v) is 10.0. The predicted molar refractivity (Wildman–Crippen MR) is 129 cm³/mol. The summed E-state index contributed by atoms with van der Waals surface area (Å²) in [4.78, 5) is 24.7. The van der Waals surface area contributed by atoms with Gasteiger partial charge in [-0.1, -0.05) is 23.7 Å². The van der Waals surface area contributed by atoms with Crippen molar-refractivity contribution in [3.8, 4) is 5.75 Å². The second kappa shape index (κ2) is 9.30. The van der Waals surface area contributed by atoms with E-state index in [9.17, 15) is 9.59 Å². The van der Waals surface area contributed by atoms with Crippen LogP contribution in [0.2, 0.25) is 5.02 Å². The zero-order chi connectivity index (χ0) is 23.7. The van der Waals surface area contributed by atoms with Crippen LogP contribution in [-0.2, 0) is 9.59 Å². The van der Waals surface area contributed by atoms with E-state index < -0.39 is 15.9 Å². The summed E-state index contributed by atoms with van der Waals surface area (Å²) in [7, 11) is 0. The first-order valence-electron chi connectivity index (χ1n) is 9.99. The molecule has 2 aromatic rings. The maximum absolute atomic E-state index is 12.5. The molecule has 2 atom stereocenters. The lowest BCUT2D eigenvalue weighted by atomic mass is 10.1. The van der Waals surface area contributed by atoms with Crippen LogP contribution < -0.4 is 15.5 Å². The number of nitrogens with zero attached hydrogens (tertiary/aromatic N) is 1. The molecule has 1 aliphatic rings. The summed E-state index contributed by atoms with van der Waals surface area (Å²) in [6, 6.07) is 12.3. The Morgan fingerprint density at radius 3 is 2.34 bits per heavy atom. The second-order valence-electron chi connectivity index (χ2n) is 8.09. The number of halogens is 3.